The molecule has 0 aliphatic rings. The van der Waals surface area contributed by atoms with E-state index in [4.69, 9.17) is 22.1 Å². The fourth-order valence-corrected chi connectivity index (χ4v) is 1.30. The third-order valence-corrected chi connectivity index (χ3v) is 2.18. The minimum atomic E-state index is 0.258. The van der Waals surface area contributed by atoms with E-state index in [1.807, 2.05) is 0 Å². The van der Waals surface area contributed by atoms with Crippen molar-refractivity contribution in [3.05, 3.63) is 11.0 Å². The van der Waals surface area contributed by atoms with Crippen LogP contribution in [0.5, 0.6) is 0 Å². The summed E-state index contributed by atoms with van der Waals surface area (Å²) in [5, 5.41) is 3.39. The summed E-state index contributed by atoms with van der Waals surface area (Å²) < 4.78 is 4.95. The van der Waals surface area contributed by atoms with Crippen LogP contribution in [0.4, 0.5) is 11.5 Å². The molecule has 0 fully saturated rings. The fourth-order valence-electron chi connectivity index (χ4n) is 1.11. The van der Waals surface area contributed by atoms with Gasteiger partial charge in [-0.2, -0.15) is 0 Å². The smallest absolute Gasteiger partial charge is 0.158 e. The maximum atomic E-state index is 5.90. The Labute approximate surface area is 100 Å². The highest BCUT2D eigenvalue weighted by Gasteiger charge is 2.10. The lowest BCUT2D eigenvalue weighted by Gasteiger charge is -2.12. The molecule has 6 heteroatoms. The molecule has 16 heavy (non-hydrogen) atoms. The summed E-state index contributed by atoms with van der Waals surface area (Å²) >= 11 is 5.90. The van der Waals surface area contributed by atoms with Gasteiger partial charge in [0.1, 0.15) is 12.3 Å². The minimum Gasteiger partial charge on any atom is -0.393 e. The maximum Gasteiger partial charge on any atom is 0.158 e. The summed E-state index contributed by atoms with van der Waals surface area (Å²) in [5.74, 6) is 1.59. The topological polar surface area (TPSA) is 73.1 Å². The Balaban J connectivity index is 2.88. The van der Waals surface area contributed by atoms with E-state index < -0.39 is 0 Å². The average molecular weight is 245 g/mol. The van der Waals surface area contributed by atoms with Crippen LogP contribution >= 0.6 is 11.6 Å². The van der Waals surface area contributed by atoms with Crippen LogP contribution in [0.2, 0.25) is 5.15 Å². The second-order valence-electron chi connectivity index (χ2n) is 3.90. The standard InChI is InChI=1S/C10H17ClN4O/c1-6(2)4-13-10-8(12)9(11)14-7(15-10)5-16-3/h6H,4-5,12H2,1-3H3,(H,13,14,15). The molecule has 5 nitrogen and oxygen atoms in total. The number of aromatic nitrogens is 2. The largest absolute Gasteiger partial charge is 0.393 e. The molecule has 0 spiro atoms. The summed E-state index contributed by atoms with van der Waals surface area (Å²) in [6.07, 6.45) is 0. The predicted octanol–water partition coefficient (Wildman–Crippen LogP) is 1.93. The number of hydrogen-bond acceptors (Lipinski definition) is 5. The van der Waals surface area contributed by atoms with Gasteiger partial charge >= 0.3 is 0 Å². The van der Waals surface area contributed by atoms with Gasteiger partial charge in [0.2, 0.25) is 0 Å². The number of nitrogen functional groups attached to an aromatic ring is 1. The quantitative estimate of drug-likeness (QED) is 0.775. The van der Waals surface area contributed by atoms with Gasteiger partial charge < -0.3 is 15.8 Å². The first kappa shape index (κ1) is 13.0. The van der Waals surface area contributed by atoms with Crippen molar-refractivity contribution < 1.29 is 4.74 Å². The zero-order valence-electron chi connectivity index (χ0n) is 9.75. The molecule has 0 aliphatic carbocycles. The van der Waals surface area contributed by atoms with Crippen LogP contribution in [0.15, 0.2) is 0 Å². The summed E-state index contributed by atoms with van der Waals surface area (Å²) in [7, 11) is 1.58. The number of methoxy groups -OCH3 is 1. The number of hydrogen-bond donors (Lipinski definition) is 2. The molecule has 0 unspecified atom stereocenters. The molecular formula is C10H17ClN4O. The second-order valence-corrected chi connectivity index (χ2v) is 4.26. The lowest BCUT2D eigenvalue weighted by molar-refractivity contribution is 0.178. The SMILES string of the molecule is COCc1nc(Cl)c(N)c(NCC(C)C)n1. The molecule has 1 heterocycles. The molecule has 0 aliphatic heterocycles. The molecule has 0 saturated heterocycles. The van der Waals surface area contributed by atoms with Gasteiger partial charge in [-0.15, -0.1) is 0 Å². The van der Waals surface area contributed by atoms with Crippen LogP contribution in [0, 0.1) is 5.92 Å². The van der Waals surface area contributed by atoms with E-state index in [0.717, 1.165) is 6.54 Å². The third-order valence-electron chi connectivity index (χ3n) is 1.90. The van der Waals surface area contributed by atoms with Gasteiger partial charge in [0, 0.05) is 13.7 Å². The van der Waals surface area contributed by atoms with Crippen molar-refractivity contribution in [1.29, 1.82) is 0 Å². The summed E-state index contributed by atoms with van der Waals surface area (Å²) in [6, 6.07) is 0. The lowest BCUT2D eigenvalue weighted by atomic mass is 10.2. The minimum absolute atomic E-state index is 0.258. The summed E-state index contributed by atoms with van der Waals surface area (Å²) in [5.41, 5.74) is 6.15. The van der Waals surface area contributed by atoms with E-state index in [1.54, 1.807) is 7.11 Å². The van der Waals surface area contributed by atoms with E-state index >= 15 is 0 Å². The zero-order valence-corrected chi connectivity index (χ0v) is 10.5. The molecule has 0 amide bonds. The van der Waals surface area contributed by atoms with E-state index in [2.05, 4.69) is 29.1 Å². The highest BCUT2D eigenvalue weighted by atomic mass is 35.5. The Morgan fingerprint density at radius 1 is 1.44 bits per heavy atom. The zero-order chi connectivity index (χ0) is 12.1. The first-order valence-electron chi connectivity index (χ1n) is 5.09. The van der Waals surface area contributed by atoms with E-state index in [0.29, 0.717) is 29.9 Å². The molecule has 1 aromatic rings. The highest BCUT2D eigenvalue weighted by Crippen LogP contribution is 2.23. The summed E-state index contributed by atoms with van der Waals surface area (Å²) in [4.78, 5) is 8.25. The van der Waals surface area contributed by atoms with Crippen LogP contribution in [0.3, 0.4) is 0 Å². The molecular weight excluding hydrogens is 228 g/mol. The number of ether oxygens (including phenoxy) is 1. The predicted molar refractivity (Wildman–Crippen MR) is 65.5 cm³/mol. The molecule has 0 atom stereocenters. The molecule has 0 saturated carbocycles. The fraction of sp³-hybridized carbons (Fsp3) is 0.600. The molecule has 1 rings (SSSR count). The van der Waals surface area contributed by atoms with Crippen LogP contribution in [-0.4, -0.2) is 23.6 Å². The van der Waals surface area contributed by atoms with Crippen LogP contribution < -0.4 is 11.1 Å². The third kappa shape index (κ3) is 3.50. The van der Waals surface area contributed by atoms with E-state index in [9.17, 15) is 0 Å². The molecule has 0 bridgehead atoms. The Kier molecular flexibility index (Phi) is 4.76. The van der Waals surface area contributed by atoms with Gasteiger partial charge in [-0.25, -0.2) is 9.97 Å². The Morgan fingerprint density at radius 2 is 2.12 bits per heavy atom. The molecule has 0 radical (unpaired) electrons. The van der Waals surface area contributed by atoms with Crippen LogP contribution in [0.25, 0.3) is 0 Å². The lowest BCUT2D eigenvalue weighted by Crippen LogP contribution is -2.13. The number of nitrogens with one attached hydrogen (secondary N) is 1. The van der Waals surface area contributed by atoms with Gasteiger partial charge in [0.15, 0.2) is 16.8 Å². The normalized spacial score (nSPS) is 10.8. The Bertz CT molecular complexity index is 357. The molecule has 0 aromatic carbocycles. The first-order valence-corrected chi connectivity index (χ1v) is 5.47. The number of nitrogens with two attached hydrogens (primary N) is 1. The van der Waals surface area contributed by atoms with E-state index in [-0.39, 0.29) is 5.15 Å². The molecule has 3 N–H and O–H groups in total. The van der Waals surface area contributed by atoms with Crippen molar-refractivity contribution in [2.75, 3.05) is 24.7 Å². The number of halogens is 1. The number of nitrogens with zero attached hydrogens (tertiary/aromatic N) is 2. The van der Waals surface area contributed by atoms with Crippen molar-refractivity contribution in [2.45, 2.75) is 20.5 Å². The maximum absolute atomic E-state index is 5.90. The highest BCUT2D eigenvalue weighted by molar-refractivity contribution is 6.32. The van der Waals surface area contributed by atoms with Gasteiger partial charge in [0.05, 0.1) is 0 Å². The van der Waals surface area contributed by atoms with Crippen molar-refractivity contribution in [3.8, 4) is 0 Å². The van der Waals surface area contributed by atoms with Crippen molar-refractivity contribution in [2.24, 2.45) is 5.92 Å². The monoisotopic (exact) mass is 244 g/mol. The van der Waals surface area contributed by atoms with Gasteiger partial charge in [-0.05, 0) is 5.92 Å². The first-order chi connectivity index (χ1) is 7.54. The van der Waals surface area contributed by atoms with Crippen molar-refractivity contribution >= 4 is 23.1 Å². The molecule has 1 aromatic heterocycles. The average Bonchev–Trinajstić information content (AvgIpc) is 2.21. The van der Waals surface area contributed by atoms with Crippen molar-refractivity contribution in [3.63, 3.8) is 0 Å². The number of anilines is 2. The van der Waals surface area contributed by atoms with Gasteiger partial charge in [-0.3, -0.25) is 0 Å². The second kappa shape index (κ2) is 5.86. The number of rotatable bonds is 5. The van der Waals surface area contributed by atoms with Crippen LogP contribution in [0.1, 0.15) is 19.7 Å². The Hall–Kier alpha value is -1.07. The van der Waals surface area contributed by atoms with Gasteiger partial charge in [0.25, 0.3) is 0 Å². The Morgan fingerprint density at radius 3 is 2.69 bits per heavy atom. The van der Waals surface area contributed by atoms with Crippen molar-refractivity contribution in [1.82, 2.24) is 9.97 Å². The van der Waals surface area contributed by atoms with Gasteiger partial charge in [-0.1, -0.05) is 25.4 Å². The van der Waals surface area contributed by atoms with Crippen LogP contribution in [-0.2, 0) is 11.3 Å². The van der Waals surface area contributed by atoms with E-state index in [1.165, 1.54) is 0 Å². The molecule has 90 valence electrons. The summed E-state index contributed by atoms with van der Waals surface area (Å²) in [6.45, 7) is 5.30.